The molecule has 0 atom stereocenters. The molecule has 0 radical (unpaired) electrons. The van der Waals surface area contributed by atoms with Crippen LogP contribution >= 0.6 is 0 Å². The maximum atomic E-state index is 12.6. The standard InChI is InChI=1S/C22H33N3O/c26-22(6-5-18-7-12-23-13-8-18)24-14-9-19(10-15-24)17-25-16-11-20-3-1-2-4-21(20)25/h1-4,18-19,23H,5-17H2. The Bertz CT molecular complexity index is 603. The molecule has 1 amide bonds. The van der Waals surface area contributed by atoms with E-state index in [1.165, 1.54) is 30.5 Å². The van der Waals surface area contributed by atoms with Gasteiger partial charge in [-0.1, -0.05) is 18.2 Å². The van der Waals surface area contributed by atoms with Crippen molar-refractivity contribution in [2.75, 3.05) is 44.2 Å². The molecule has 0 spiro atoms. The highest BCUT2D eigenvalue weighted by Crippen LogP contribution is 2.30. The highest BCUT2D eigenvalue weighted by Gasteiger charge is 2.27. The van der Waals surface area contributed by atoms with Gasteiger partial charge in [0.2, 0.25) is 5.91 Å². The Kier molecular flexibility index (Phi) is 5.78. The molecule has 0 unspecified atom stereocenters. The van der Waals surface area contributed by atoms with Crippen molar-refractivity contribution in [2.24, 2.45) is 11.8 Å². The summed E-state index contributed by atoms with van der Waals surface area (Å²) in [5.41, 5.74) is 2.94. The lowest BCUT2D eigenvalue weighted by atomic mass is 9.92. The Labute approximate surface area is 157 Å². The van der Waals surface area contributed by atoms with Crippen molar-refractivity contribution in [2.45, 2.75) is 44.9 Å². The van der Waals surface area contributed by atoms with Crippen LogP contribution in [-0.4, -0.2) is 50.1 Å². The van der Waals surface area contributed by atoms with Crippen LogP contribution in [0.3, 0.4) is 0 Å². The summed E-state index contributed by atoms with van der Waals surface area (Å²) in [6.07, 6.45) is 7.85. The lowest BCUT2D eigenvalue weighted by Gasteiger charge is -2.35. The molecule has 142 valence electrons. The molecule has 1 N–H and O–H groups in total. The third-order valence-corrected chi connectivity index (χ3v) is 6.65. The van der Waals surface area contributed by atoms with Gasteiger partial charge in [0.05, 0.1) is 0 Å². The summed E-state index contributed by atoms with van der Waals surface area (Å²) in [6.45, 7) is 6.51. The van der Waals surface area contributed by atoms with E-state index in [0.717, 1.165) is 76.8 Å². The first-order chi connectivity index (χ1) is 12.8. The summed E-state index contributed by atoms with van der Waals surface area (Å²) in [6, 6.07) is 8.83. The number of para-hydroxylation sites is 1. The fourth-order valence-electron chi connectivity index (χ4n) is 4.93. The number of carbonyl (C=O) groups excluding carboxylic acids is 1. The predicted molar refractivity (Wildman–Crippen MR) is 106 cm³/mol. The number of rotatable bonds is 5. The third-order valence-electron chi connectivity index (χ3n) is 6.65. The highest BCUT2D eigenvalue weighted by atomic mass is 16.2. The fraction of sp³-hybridized carbons (Fsp3) is 0.682. The van der Waals surface area contributed by atoms with E-state index in [4.69, 9.17) is 0 Å². The van der Waals surface area contributed by atoms with Gasteiger partial charge >= 0.3 is 0 Å². The van der Waals surface area contributed by atoms with E-state index in [1.54, 1.807) is 0 Å². The molecule has 0 bridgehead atoms. The first-order valence-electron chi connectivity index (χ1n) is 10.6. The van der Waals surface area contributed by atoms with Gasteiger partial charge in [-0.05, 0) is 75.1 Å². The normalized spacial score (nSPS) is 21.8. The van der Waals surface area contributed by atoms with Crippen molar-refractivity contribution >= 4 is 11.6 Å². The lowest BCUT2D eigenvalue weighted by molar-refractivity contribution is -0.132. The first kappa shape index (κ1) is 17.8. The molecule has 2 saturated heterocycles. The van der Waals surface area contributed by atoms with Crippen molar-refractivity contribution in [3.8, 4) is 0 Å². The second-order valence-electron chi connectivity index (χ2n) is 8.38. The smallest absolute Gasteiger partial charge is 0.222 e. The van der Waals surface area contributed by atoms with E-state index in [-0.39, 0.29) is 0 Å². The van der Waals surface area contributed by atoms with E-state index in [0.29, 0.717) is 5.91 Å². The largest absolute Gasteiger partial charge is 0.371 e. The minimum atomic E-state index is 0.397. The molecule has 1 aromatic carbocycles. The Balaban J connectivity index is 1.20. The van der Waals surface area contributed by atoms with Gasteiger partial charge in [0.1, 0.15) is 0 Å². The topological polar surface area (TPSA) is 35.6 Å². The number of hydrogen-bond donors (Lipinski definition) is 1. The number of benzene rings is 1. The average Bonchev–Trinajstić information content (AvgIpc) is 3.10. The van der Waals surface area contributed by atoms with Crippen molar-refractivity contribution in [1.29, 1.82) is 0 Å². The average molecular weight is 356 g/mol. The van der Waals surface area contributed by atoms with Crippen molar-refractivity contribution in [3.05, 3.63) is 29.8 Å². The number of carbonyl (C=O) groups is 1. The molecule has 4 nitrogen and oxygen atoms in total. The van der Waals surface area contributed by atoms with E-state index >= 15 is 0 Å². The first-order valence-corrected chi connectivity index (χ1v) is 10.6. The summed E-state index contributed by atoms with van der Waals surface area (Å²) < 4.78 is 0. The predicted octanol–water partition coefficient (Wildman–Crippen LogP) is 3.07. The van der Waals surface area contributed by atoms with E-state index in [2.05, 4.69) is 39.4 Å². The van der Waals surface area contributed by atoms with Gasteiger partial charge in [-0.3, -0.25) is 4.79 Å². The van der Waals surface area contributed by atoms with Crippen molar-refractivity contribution in [3.63, 3.8) is 0 Å². The Morgan fingerprint density at radius 1 is 1.00 bits per heavy atom. The number of fused-ring (bicyclic) bond motifs is 1. The summed E-state index contributed by atoms with van der Waals surface area (Å²) in [5, 5.41) is 3.41. The molecular formula is C22H33N3O. The molecule has 3 heterocycles. The monoisotopic (exact) mass is 355 g/mol. The maximum Gasteiger partial charge on any atom is 0.222 e. The van der Waals surface area contributed by atoms with Crippen molar-refractivity contribution < 1.29 is 4.79 Å². The van der Waals surface area contributed by atoms with E-state index in [9.17, 15) is 4.79 Å². The van der Waals surface area contributed by atoms with Gasteiger partial charge in [-0.25, -0.2) is 0 Å². The number of likely N-dealkylation sites (tertiary alicyclic amines) is 1. The molecular weight excluding hydrogens is 322 g/mol. The number of piperidine rings is 2. The Morgan fingerprint density at radius 2 is 1.77 bits per heavy atom. The molecule has 1 aromatic rings. The molecule has 3 aliphatic heterocycles. The molecule has 2 fully saturated rings. The molecule has 0 saturated carbocycles. The van der Waals surface area contributed by atoms with Crippen LogP contribution in [0.5, 0.6) is 0 Å². The van der Waals surface area contributed by atoms with E-state index < -0.39 is 0 Å². The van der Waals surface area contributed by atoms with Crippen LogP contribution in [0, 0.1) is 11.8 Å². The van der Waals surface area contributed by atoms with Crippen LogP contribution in [0.15, 0.2) is 24.3 Å². The number of anilines is 1. The molecule has 0 aliphatic carbocycles. The zero-order valence-electron chi connectivity index (χ0n) is 16.0. The van der Waals surface area contributed by atoms with Crippen LogP contribution in [-0.2, 0) is 11.2 Å². The van der Waals surface area contributed by atoms with Gasteiger partial charge in [0.15, 0.2) is 0 Å². The van der Waals surface area contributed by atoms with Crippen LogP contribution in [0.1, 0.15) is 44.1 Å². The van der Waals surface area contributed by atoms with Gasteiger partial charge in [0, 0.05) is 38.3 Å². The number of hydrogen-bond acceptors (Lipinski definition) is 3. The summed E-state index contributed by atoms with van der Waals surface area (Å²) in [7, 11) is 0. The molecule has 4 rings (SSSR count). The van der Waals surface area contributed by atoms with Crippen LogP contribution in [0.25, 0.3) is 0 Å². The maximum absolute atomic E-state index is 12.6. The van der Waals surface area contributed by atoms with Crippen molar-refractivity contribution in [1.82, 2.24) is 10.2 Å². The fourth-order valence-corrected chi connectivity index (χ4v) is 4.93. The molecule has 26 heavy (non-hydrogen) atoms. The van der Waals surface area contributed by atoms with Crippen LogP contribution in [0.2, 0.25) is 0 Å². The SMILES string of the molecule is O=C(CCC1CCNCC1)N1CCC(CN2CCc3ccccc32)CC1. The minimum absolute atomic E-state index is 0.397. The summed E-state index contributed by atoms with van der Waals surface area (Å²) >= 11 is 0. The highest BCUT2D eigenvalue weighted by molar-refractivity contribution is 5.76. The number of nitrogens with zero attached hydrogens (tertiary/aromatic N) is 2. The minimum Gasteiger partial charge on any atom is -0.371 e. The Morgan fingerprint density at radius 3 is 2.58 bits per heavy atom. The number of amides is 1. The van der Waals surface area contributed by atoms with Gasteiger partial charge < -0.3 is 15.1 Å². The second-order valence-corrected chi connectivity index (χ2v) is 8.38. The lowest BCUT2D eigenvalue weighted by Crippen LogP contribution is -2.41. The molecule has 0 aromatic heterocycles. The molecule has 3 aliphatic rings. The molecule has 4 heteroatoms. The quantitative estimate of drug-likeness (QED) is 0.882. The van der Waals surface area contributed by atoms with E-state index in [1.807, 2.05) is 0 Å². The Hall–Kier alpha value is -1.55. The van der Waals surface area contributed by atoms with Gasteiger partial charge in [-0.15, -0.1) is 0 Å². The zero-order valence-corrected chi connectivity index (χ0v) is 16.0. The van der Waals surface area contributed by atoms with Crippen LogP contribution in [0.4, 0.5) is 5.69 Å². The van der Waals surface area contributed by atoms with Crippen LogP contribution < -0.4 is 10.2 Å². The third kappa shape index (κ3) is 4.22. The second kappa shape index (κ2) is 8.43. The zero-order chi connectivity index (χ0) is 17.8. The van der Waals surface area contributed by atoms with Gasteiger partial charge in [0.25, 0.3) is 0 Å². The van der Waals surface area contributed by atoms with Gasteiger partial charge in [-0.2, -0.15) is 0 Å². The summed E-state index contributed by atoms with van der Waals surface area (Å²) in [5.74, 6) is 1.89. The summed E-state index contributed by atoms with van der Waals surface area (Å²) in [4.78, 5) is 17.3. The number of nitrogens with one attached hydrogen (secondary N) is 1.